The summed E-state index contributed by atoms with van der Waals surface area (Å²) in [4.78, 5) is 14.1. The number of aryl methyl sites for hydroxylation is 2. The van der Waals surface area contributed by atoms with Gasteiger partial charge in [0.15, 0.2) is 5.96 Å². The molecule has 0 aliphatic heterocycles. The number of rotatable bonds is 5. The van der Waals surface area contributed by atoms with Gasteiger partial charge in [0.1, 0.15) is 0 Å². The summed E-state index contributed by atoms with van der Waals surface area (Å²) < 4.78 is 0. The highest BCUT2D eigenvalue weighted by Crippen LogP contribution is 2.11. The van der Waals surface area contributed by atoms with Crippen LogP contribution in [0.3, 0.4) is 0 Å². The fourth-order valence-corrected chi connectivity index (χ4v) is 3.08. The molecule has 7 heteroatoms. The standard InChI is InChI=1S/C13H19N5S2/c1-9-12(20-8-17-9)6-16-13(14-3)15-5-4-11-7-19-10(2)18-11/h7-8H,4-6H2,1-3H3,(H2,14,15,16). The van der Waals surface area contributed by atoms with Gasteiger partial charge in [-0.05, 0) is 13.8 Å². The molecule has 108 valence electrons. The molecule has 0 radical (unpaired) electrons. The Morgan fingerprint density at radius 3 is 2.75 bits per heavy atom. The van der Waals surface area contributed by atoms with Crippen molar-refractivity contribution in [1.82, 2.24) is 20.6 Å². The van der Waals surface area contributed by atoms with Gasteiger partial charge >= 0.3 is 0 Å². The molecule has 0 bridgehead atoms. The molecule has 2 aromatic heterocycles. The monoisotopic (exact) mass is 309 g/mol. The van der Waals surface area contributed by atoms with Crippen LogP contribution >= 0.6 is 22.7 Å². The average molecular weight is 309 g/mol. The van der Waals surface area contributed by atoms with Crippen LogP contribution in [0.25, 0.3) is 0 Å². The zero-order valence-corrected chi connectivity index (χ0v) is 13.6. The summed E-state index contributed by atoms with van der Waals surface area (Å²) in [7, 11) is 1.78. The second-order valence-electron chi connectivity index (χ2n) is 4.32. The minimum atomic E-state index is 0.756. The number of hydrogen-bond acceptors (Lipinski definition) is 5. The summed E-state index contributed by atoms with van der Waals surface area (Å²) in [5.74, 6) is 0.810. The number of nitrogens with zero attached hydrogens (tertiary/aromatic N) is 3. The van der Waals surface area contributed by atoms with Gasteiger partial charge in [0, 0.05) is 30.3 Å². The van der Waals surface area contributed by atoms with Crippen LogP contribution in [0.1, 0.15) is 21.3 Å². The first-order valence-corrected chi connectivity index (χ1v) is 8.19. The van der Waals surface area contributed by atoms with Crippen molar-refractivity contribution in [3.05, 3.63) is 32.2 Å². The Kier molecular flexibility index (Phi) is 5.49. The van der Waals surface area contributed by atoms with E-state index in [0.717, 1.165) is 41.9 Å². The van der Waals surface area contributed by atoms with Gasteiger partial charge < -0.3 is 10.6 Å². The van der Waals surface area contributed by atoms with E-state index in [1.165, 1.54) is 4.88 Å². The highest BCUT2D eigenvalue weighted by molar-refractivity contribution is 7.09. The lowest BCUT2D eigenvalue weighted by molar-refractivity contribution is 0.787. The number of nitrogens with one attached hydrogen (secondary N) is 2. The van der Waals surface area contributed by atoms with Crippen LogP contribution in [0.15, 0.2) is 15.9 Å². The van der Waals surface area contributed by atoms with Gasteiger partial charge in [-0.1, -0.05) is 0 Å². The van der Waals surface area contributed by atoms with E-state index in [-0.39, 0.29) is 0 Å². The molecule has 5 nitrogen and oxygen atoms in total. The van der Waals surface area contributed by atoms with Crippen LogP contribution in [0.4, 0.5) is 0 Å². The number of aliphatic imine (C=N–C) groups is 1. The smallest absolute Gasteiger partial charge is 0.191 e. The van der Waals surface area contributed by atoms with Gasteiger partial charge in [-0.3, -0.25) is 4.99 Å². The Morgan fingerprint density at radius 2 is 2.15 bits per heavy atom. The summed E-state index contributed by atoms with van der Waals surface area (Å²) in [5.41, 5.74) is 4.08. The van der Waals surface area contributed by atoms with E-state index in [0.29, 0.717) is 0 Å². The lowest BCUT2D eigenvalue weighted by Crippen LogP contribution is -2.37. The predicted molar refractivity (Wildman–Crippen MR) is 85.6 cm³/mol. The molecule has 0 amide bonds. The third kappa shape index (κ3) is 4.28. The second kappa shape index (κ2) is 7.35. The zero-order valence-electron chi connectivity index (χ0n) is 11.9. The van der Waals surface area contributed by atoms with E-state index >= 15 is 0 Å². The Balaban J connectivity index is 1.74. The third-order valence-corrected chi connectivity index (χ3v) is 4.58. The van der Waals surface area contributed by atoms with Gasteiger partial charge in [-0.2, -0.15) is 0 Å². The maximum absolute atomic E-state index is 4.44. The van der Waals surface area contributed by atoms with Gasteiger partial charge in [-0.25, -0.2) is 9.97 Å². The highest BCUT2D eigenvalue weighted by atomic mass is 32.1. The van der Waals surface area contributed by atoms with Crippen LogP contribution in [0, 0.1) is 13.8 Å². The lowest BCUT2D eigenvalue weighted by Gasteiger charge is -2.10. The topological polar surface area (TPSA) is 62.2 Å². The molecule has 2 aromatic rings. The van der Waals surface area contributed by atoms with Crippen molar-refractivity contribution in [1.29, 1.82) is 0 Å². The molecule has 0 fully saturated rings. The highest BCUT2D eigenvalue weighted by Gasteiger charge is 2.03. The third-order valence-electron chi connectivity index (χ3n) is 2.83. The van der Waals surface area contributed by atoms with Crippen molar-refractivity contribution in [2.45, 2.75) is 26.8 Å². The molecule has 0 unspecified atom stereocenters. The summed E-state index contributed by atoms with van der Waals surface area (Å²) in [6.07, 6.45) is 0.907. The van der Waals surface area contributed by atoms with Crippen LogP contribution in [0.2, 0.25) is 0 Å². The summed E-state index contributed by atoms with van der Waals surface area (Å²) >= 11 is 3.35. The molecule has 0 aliphatic carbocycles. The molecule has 2 N–H and O–H groups in total. The van der Waals surface area contributed by atoms with Gasteiger partial charge in [0.05, 0.1) is 28.5 Å². The maximum atomic E-state index is 4.44. The molecular formula is C13H19N5S2. The summed E-state index contributed by atoms with van der Waals surface area (Å²) in [5, 5.41) is 9.81. The van der Waals surface area contributed by atoms with Crippen LogP contribution < -0.4 is 10.6 Å². The van der Waals surface area contributed by atoms with Crippen molar-refractivity contribution in [2.75, 3.05) is 13.6 Å². The molecule has 0 spiro atoms. The van der Waals surface area contributed by atoms with E-state index in [9.17, 15) is 0 Å². The number of guanidine groups is 1. The molecule has 20 heavy (non-hydrogen) atoms. The van der Waals surface area contributed by atoms with Gasteiger partial charge in [0.2, 0.25) is 0 Å². The molecule has 0 saturated carbocycles. The van der Waals surface area contributed by atoms with Crippen LogP contribution in [-0.2, 0) is 13.0 Å². The molecule has 0 saturated heterocycles. The Hall–Kier alpha value is -1.47. The fourth-order valence-electron chi connectivity index (χ4n) is 1.71. The predicted octanol–water partition coefficient (Wildman–Crippen LogP) is 2.12. The van der Waals surface area contributed by atoms with E-state index in [1.54, 1.807) is 29.7 Å². The first-order chi connectivity index (χ1) is 9.69. The van der Waals surface area contributed by atoms with Crippen molar-refractivity contribution in [2.24, 2.45) is 4.99 Å². The van der Waals surface area contributed by atoms with Crippen molar-refractivity contribution in [3.8, 4) is 0 Å². The summed E-state index contributed by atoms with van der Waals surface area (Å²) in [6, 6.07) is 0. The van der Waals surface area contributed by atoms with E-state index < -0.39 is 0 Å². The molecular weight excluding hydrogens is 290 g/mol. The first kappa shape index (κ1) is 14.9. The zero-order chi connectivity index (χ0) is 14.4. The van der Waals surface area contributed by atoms with Crippen molar-refractivity contribution in [3.63, 3.8) is 0 Å². The molecule has 2 rings (SSSR count). The van der Waals surface area contributed by atoms with Gasteiger partial charge in [0.25, 0.3) is 0 Å². The first-order valence-electron chi connectivity index (χ1n) is 6.43. The lowest BCUT2D eigenvalue weighted by atomic mass is 10.3. The number of hydrogen-bond donors (Lipinski definition) is 2. The Morgan fingerprint density at radius 1 is 1.30 bits per heavy atom. The van der Waals surface area contributed by atoms with Crippen molar-refractivity contribution < 1.29 is 0 Å². The molecule has 0 aliphatic rings. The molecule has 0 atom stereocenters. The maximum Gasteiger partial charge on any atom is 0.191 e. The Bertz CT molecular complexity index is 573. The molecule has 0 aromatic carbocycles. The van der Waals surface area contributed by atoms with Crippen molar-refractivity contribution >= 4 is 28.6 Å². The van der Waals surface area contributed by atoms with Crippen LogP contribution in [-0.4, -0.2) is 29.5 Å². The van der Waals surface area contributed by atoms with E-state index in [1.807, 2.05) is 19.4 Å². The normalized spacial score (nSPS) is 11.7. The Labute approximate surface area is 127 Å². The van der Waals surface area contributed by atoms with Gasteiger partial charge in [-0.15, -0.1) is 22.7 Å². The number of thiazole rings is 2. The SMILES string of the molecule is CN=C(NCCc1csc(C)n1)NCc1scnc1C. The minimum absolute atomic E-state index is 0.756. The summed E-state index contributed by atoms with van der Waals surface area (Å²) in [6.45, 7) is 5.63. The van der Waals surface area contributed by atoms with E-state index in [4.69, 9.17) is 0 Å². The number of aromatic nitrogens is 2. The second-order valence-corrected chi connectivity index (χ2v) is 6.32. The molecule has 2 heterocycles. The van der Waals surface area contributed by atoms with Crippen LogP contribution in [0.5, 0.6) is 0 Å². The largest absolute Gasteiger partial charge is 0.356 e. The minimum Gasteiger partial charge on any atom is -0.356 e. The fraction of sp³-hybridized carbons (Fsp3) is 0.462. The van der Waals surface area contributed by atoms with E-state index in [2.05, 4.69) is 31.0 Å². The quantitative estimate of drug-likeness (QED) is 0.656. The average Bonchev–Trinajstić information content (AvgIpc) is 3.03.